The molecule has 0 spiro atoms. The highest BCUT2D eigenvalue weighted by molar-refractivity contribution is 5.93. The van der Waals surface area contributed by atoms with Crippen LogP contribution in [0.1, 0.15) is 11.3 Å². The van der Waals surface area contributed by atoms with E-state index in [1.165, 1.54) is 5.39 Å². The van der Waals surface area contributed by atoms with Gasteiger partial charge in [0, 0.05) is 11.8 Å². The molecule has 0 bridgehead atoms. The lowest BCUT2D eigenvalue weighted by Gasteiger charge is -2.04. The van der Waals surface area contributed by atoms with Gasteiger partial charge in [0.05, 0.1) is 17.8 Å². The number of carbonyl (C=O) groups is 1. The molecule has 0 aliphatic carbocycles. The fourth-order valence-electron chi connectivity index (χ4n) is 2.93. The van der Waals surface area contributed by atoms with Gasteiger partial charge in [0.1, 0.15) is 0 Å². The van der Waals surface area contributed by atoms with Crippen molar-refractivity contribution in [1.82, 2.24) is 15.2 Å². The van der Waals surface area contributed by atoms with Crippen molar-refractivity contribution in [2.45, 2.75) is 13.3 Å². The van der Waals surface area contributed by atoms with E-state index in [1.54, 1.807) is 6.07 Å². The van der Waals surface area contributed by atoms with E-state index in [9.17, 15) is 4.79 Å². The predicted octanol–water partition coefficient (Wildman–Crippen LogP) is 4.11. The summed E-state index contributed by atoms with van der Waals surface area (Å²) in [5, 5.41) is 12.2. The molecule has 4 aromatic rings. The number of amides is 1. The van der Waals surface area contributed by atoms with Gasteiger partial charge in [0.2, 0.25) is 5.91 Å². The van der Waals surface area contributed by atoms with Gasteiger partial charge in [0.15, 0.2) is 5.82 Å². The minimum Gasteiger partial charge on any atom is -0.309 e. The van der Waals surface area contributed by atoms with E-state index in [2.05, 4.69) is 26.6 Å². The van der Waals surface area contributed by atoms with Gasteiger partial charge in [-0.25, -0.2) is 0 Å². The van der Waals surface area contributed by atoms with Crippen molar-refractivity contribution in [3.05, 3.63) is 78.0 Å². The molecule has 1 amide bonds. The number of nitrogens with one attached hydrogen (secondary N) is 2. The molecule has 5 nitrogen and oxygen atoms in total. The lowest BCUT2D eigenvalue weighted by atomic mass is 10.1. The molecule has 0 atom stereocenters. The molecular formula is C21H18N4O. The second-order valence-electron chi connectivity index (χ2n) is 6.24. The number of benzene rings is 2. The van der Waals surface area contributed by atoms with E-state index >= 15 is 0 Å². The molecule has 2 aromatic heterocycles. The molecule has 2 heterocycles. The van der Waals surface area contributed by atoms with Crippen molar-refractivity contribution in [1.29, 1.82) is 0 Å². The topological polar surface area (TPSA) is 70.7 Å². The molecule has 0 saturated carbocycles. The van der Waals surface area contributed by atoms with Gasteiger partial charge >= 0.3 is 0 Å². The first kappa shape index (κ1) is 16.0. The molecule has 0 aliphatic rings. The Morgan fingerprint density at radius 2 is 1.85 bits per heavy atom. The van der Waals surface area contributed by atoms with Crippen LogP contribution in [0.3, 0.4) is 0 Å². The summed E-state index contributed by atoms with van der Waals surface area (Å²) in [7, 11) is 0. The molecule has 0 fully saturated rings. The summed E-state index contributed by atoms with van der Waals surface area (Å²) in [6.45, 7) is 1.94. The van der Waals surface area contributed by atoms with Gasteiger partial charge in [0.25, 0.3) is 0 Å². The second kappa shape index (κ2) is 6.80. The van der Waals surface area contributed by atoms with Gasteiger partial charge in [-0.3, -0.25) is 14.9 Å². The van der Waals surface area contributed by atoms with Crippen LogP contribution in [0.15, 0.2) is 66.7 Å². The summed E-state index contributed by atoms with van der Waals surface area (Å²) >= 11 is 0. The number of hydrogen-bond acceptors (Lipinski definition) is 3. The molecule has 5 heteroatoms. The Balaban J connectivity index is 1.46. The number of nitrogens with zero attached hydrogens (tertiary/aromatic N) is 2. The zero-order valence-corrected chi connectivity index (χ0v) is 14.4. The molecule has 26 heavy (non-hydrogen) atoms. The maximum absolute atomic E-state index is 12.3. The molecule has 0 radical (unpaired) electrons. The number of aryl methyl sites for hydroxylation is 1. The fraction of sp³-hybridized carbons (Fsp3) is 0.0952. The van der Waals surface area contributed by atoms with Crippen LogP contribution in [0.4, 0.5) is 5.82 Å². The van der Waals surface area contributed by atoms with E-state index in [1.807, 2.05) is 61.5 Å². The van der Waals surface area contributed by atoms with Crippen LogP contribution < -0.4 is 5.32 Å². The number of hydrogen-bond donors (Lipinski definition) is 2. The highest BCUT2D eigenvalue weighted by Gasteiger charge is 2.09. The van der Waals surface area contributed by atoms with Crippen LogP contribution in [0.2, 0.25) is 0 Å². The number of aromatic nitrogens is 3. The van der Waals surface area contributed by atoms with Gasteiger partial charge in [-0.1, -0.05) is 48.5 Å². The second-order valence-corrected chi connectivity index (χ2v) is 6.24. The Morgan fingerprint density at radius 3 is 2.69 bits per heavy atom. The SMILES string of the molecule is Cc1cccc(-c2cc(NC(=O)Cc3ccc4ccccc4c3)n[nH]2)n1. The zero-order chi connectivity index (χ0) is 17.9. The summed E-state index contributed by atoms with van der Waals surface area (Å²) in [5.74, 6) is 0.393. The smallest absolute Gasteiger partial charge is 0.229 e. The van der Waals surface area contributed by atoms with E-state index in [-0.39, 0.29) is 5.91 Å². The largest absolute Gasteiger partial charge is 0.309 e. The Bertz CT molecular complexity index is 1080. The number of pyridine rings is 1. The third-order valence-electron chi connectivity index (χ3n) is 4.19. The third-order valence-corrected chi connectivity index (χ3v) is 4.19. The molecule has 0 unspecified atom stereocenters. The number of rotatable bonds is 4. The summed E-state index contributed by atoms with van der Waals surface area (Å²) in [4.78, 5) is 16.8. The summed E-state index contributed by atoms with van der Waals surface area (Å²) in [6.07, 6.45) is 0.301. The highest BCUT2D eigenvalue weighted by atomic mass is 16.1. The first-order valence-corrected chi connectivity index (χ1v) is 8.44. The van der Waals surface area contributed by atoms with E-state index in [0.29, 0.717) is 12.2 Å². The van der Waals surface area contributed by atoms with Crippen molar-refractivity contribution in [3.63, 3.8) is 0 Å². The van der Waals surface area contributed by atoms with Crippen molar-refractivity contribution >= 4 is 22.5 Å². The quantitative estimate of drug-likeness (QED) is 0.586. The van der Waals surface area contributed by atoms with Crippen LogP contribution in [0.5, 0.6) is 0 Å². The van der Waals surface area contributed by atoms with Gasteiger partial charge in [-0.2, -0.15) is 5.10 Å². The Hall–Kier alpha value is -3.47. The average molecular weight is 342 g/mol. The number of aromatic amines is 1. The lowest BCUT2D eigenvalue weighted by Crippen LogP contribution is -2.14. The van der Waals surface area contributed by atoms with Crippen LogP contribution in [0, 0.1) is 6.92 Å². The predicted molar refractivity (Wildman–Crippen MR) is 103 cm³/mol. The number of anilines is 1. The summed E-state index contributed by atoms with van der Waals surface area (Å²) in [5.41, 5.74) is 3.47. The number of carbonyl (C=O) groups excluding carboxylic acids is 1. The van der Waals surface area contributed by atoms with Crippen molar-refractivity contribution in [2.75, 3.05) is 5.32 Å². The van der Waals surface area contributed by atoms with Gasteiger partial charge in [-0.05, 0) is 35.4 Å². The van der Waals surface area contributed by atoms with E-state index in [0.717, 1.165) is 28.0 Å². The van der Waals surface area contributed by atoms with Crippen molar-refractivity contribution in [2.24, 2.45) is 0 Å². The molecule has 0 saturated heterocycles. The van der Waals surface area contributed by atoms with Crippen molar-refractivity contribution < 1.29 is 4.79 Å². The first-order chi connectivity index (χ1) is 12.7. The third kappa shape index (κ3) is 3.47. The van der Waals surface area contributed by atoms with Crippen LogP contribution >= 0.6 is 0 Å². The molecular weight excluding hydrogens is 324 g/mol. The van der Waals surface area contributed by atoms with Crippen LogP contribution in [-0.2, 0) is 11.2 Å². The zero-order valence-electron chi connectivity index (χ0n) is 14.4. The van der Waals surface area contributed by atoms with E-state index in [4.69, 9.17) is 0 Å². The highest BCUT2D eigenvalue weighted by Crippen LogP contribution is 2.19. The minimum absolute atomic E-state index is 0.101. The number of fused-ring (bicyclic) bond motifs is 1. The first-order valence-electron chi connectivity index (χ1n) is 8.44. The van der Waals surface area contributed by atoms with Gasteiger partial charge < -0.3 is 5.32 Å². The average Bonchev–Trinajstić information content (AvgIpc) is 3.10. The number of H-pyrrole nitrogens is 1. The minimum atomic E-state index is -0.101. The molecule has 128 valence electrons. The Labute approximate surface area is 151 Å². The van der Waals surface area contributed by atoms with Crippen LogP contribution in [0.25, 0.3) is 22.2 Å². The monoisotopic (exact) mass is 342 g/mol. The molecule has 2 aromatic carbocycles. The van der Waals surface area contributed by atoms with Crippen molar-refractivity contribution in [3.8, 4) is 11.4 Å². The maximum atomic E-state index is 12.3. The Morgan fingerprint density at radius 1 is 1.00 bits per heavy atom. The molecule has 4 rings (SSSR count). The molecule has 0 aliphatic heterocycles. The maximum Gasteiger partial charge on any atom is 0.229 e. The lowest BCUT2D eigenvalue weighted by molar-refractivity contribution is -0.115. The summed E-state index contributed by atoms with van der Waals surface area (Å²) < 4.78 is 0. The fourth-order valence-corrected chi connectivity index (χ4v) is 2.93. The van der Waals surface area contributed by atoms with Crippen LogP contribution in [-0.4, -0.2) is 21.1 Å². The normalized spacial score (nSPS) is 10.8. The van der Waals surface area contributed by atoms with E-state index < -0.39 is 0 Å². The molecule has 2 N–H and O–H groups in total. The summed E-state index contributed by atoms with van der Waals surface area (Å²) in [6, 6.07) is 21.7. The van der Waals surface area contributed by atoms with Gasteiger partial charge in [-0.15, -0.1) is 0 Å². The Kier molecular flexibility index (Phi) is 4.19. The standard InChI is InChI=1S/C21H18N4O/c1-14-5-4-8-18(22-14)19-13-20(25-24-19)23-21(26)12-15-9-10-16-6-2-3-7-17(16)11-15/h2-11,13H,12H2,1H3,(H2,23,24,25,26).